The van der Waals surface area contributed by atoms with Gasteiger partial charge in [0.15, 0.2) is 0 Å². The first-order chi connectivity index (χ1) is 8.83. The van der Waals surface area contributed by atoms with Crippen molar-refractivity contribution >= 4 is 11.6 Å². The average Bonchev–Trinajstić information content (AvgIpc) is 2.31. The van der Waals surface area contributed by atoms with Crippen LogP contribution in [0, 0.1) is 5.92 Å². The molecule has 0 heterocycles. The molecule has 0 aliphatic heterocycles. The number of rotatable bonds is 7. The number of hydrogen-bond donors (Lipinski definition) is 1. The molecule has 0 spiro atoms. The Labute approximate surface area is 115 Å². The van der Waals surface area contributed by atoms with Gasteiger partial charge < -0.3 is 10.1 Å². The third-order valence-corrected chi connectivity index (χ3v) is 4.21. The molecule has 18 heavy (non-hydrogen) atoms. The van der Waals surface area contributed by atoms with Gasteiger partial charge in [0.2, 0.25) is 0 Å². The van der Waals surface area contributed by atoms with Gasteiger partial charge in [0.25, 0.3) is 0 Å². The maximum Gasteiger partial charge on any atom is 0.0587 e. The van der Waals surface area contributed by atoms with Crippen molar-refractivity contribution in [2.75, 3.05) is 26.8 Å². The fourth-order valence-corrected chi connectivity index (χ4v) is 2.86. The molecule has 0 radical (unpaired) electrons. The predicted octanol–water partition coefficient (Wildman–Crippen LogP) is 3.46. The molecule has 1 fully saturated rings. The molecule has 100 valence electrons. The molecule has 1 aliphatic rings. The van der Waals surface area contributed by atoms with E-state index in [1.54, 1.807) is 7.11 Å². The molecular weight excluding hydrogens is 246 g/mol. The Bertz CT molecular complexity index is 365. The van der Waals surface area contributed by atoms with Gasteiger partial charge in [-0.1, -0.05) is 36.2 Å². The van der Waals surface area contributed by atoms with Crippen LogP contribution in [0.1, 0.15) is 30.7 Å². The van der Waals surface area contributed by atoms with E-state index in [4.69, 9.17) is 16.3 Å². The number of hydrogen-bond acceptors (Lipinski definition) is 2. The fourth-order valence-electron chi connectivity index (χ4n) is 2.58. The van der Waals surface area contributed by atoms with Crippen LogP contribution in [0.5, 0.6) is 0 Å². The highest BCUT2D eigenvalue weighted by Crippen LogP contribution is 2.40. The van der Waals surface area contributed by atoms with Crippen molar-refractivity contribution in [3.63, 3.8) is 0 Å². The highest BCUT2D eigenvalue weighted by Gasteiger charge is 2.29. The van der Waals surface area contributed by atoms with Gasteiger partial charge in [-0.25, -0.2) is 0 Å². The summed E-state index contributed by atoms with van der Waals surface area (Å²) in [6.45, 7) is 2.67. The standard InChI is InChI=1S/C15H22ClNO/c1-18-10-9-17-11-14(12-5-4-6-12)13-7-2-3-8-15(13)16/h2-3,7-8,12,14,17H,4-6,9-11H2,1H3. The first-order valence-electron chi connectivity index (χ1n) is 6.77. The van der Waals surface area contributed by atoms with Gasteiger partial charge in [-0.15, -0.1) is 0 Å². The molecule has 1 unspecified atom stereocenters. The Hall–Kier alpha value is -0.570. The van der Waals surface area contributed by atoms with E-state index in [1.807, 2.05) is 12.1 Å². The summed E-state index contributed by atoms with van der Waals surface area (Å²) in [6, 6.07) is 8.26. The normalized spacial score (nSPS) is 17.4. The smallest absolute Gasteiger partial charge is 0.0587 e. The Morgan fingerprint density at radius 1 is 1.39 bits per heavy atom. The fraction of sp³-hybridized carbons (Fsp3) is 0.600. The molecule has 1 aromatic rings. The molecule has 2 rings (SSSR count). The Kier molecular flexibility index (Phi) is 5.48. The van der Waals surface area contributed by atoms with Crippen LogP contribution in [0.2, 0.25) is 5.02 Å². The Morgan fingerprint density at radius 2 is 2.17 bits per heavy atom. The van der Waals surface area contributed by atoms with Gasteiger partial charge in [0.05, 0.1) is 6.61 Å². The number of ether oxygens (including phenoxy) is 1. The van der Waals surface area contributed by atoms with Crippen LogP contribution in [0.4, 0.5) is 0 Å². The van der Waals surface area contributed by atoms with E-state index in [0.29, 0.717) is 5.92 Å². The minimum Gasteiger partial charge on any atom is -0.383 e. The van der Waals surface area contributed by atoms with Crippen LogP contribution in [0.15, 0.2) is 24.3 Å². The van der Waals surface area contributed by atoms with E-state index in [-0.39, 0.29) is 0 Å². The Morgan fingerprint density at radius 3 is 2.78 bits per heavy atom. The lowest BCUT2D eigenvalue weighted by Gasteiger charge is -2.34. The monoisotopic (exact) mass is 267 g/mol. The highest BCUT2D eigenvalue weighted by atomic mass is 35.5. The number of methoxy groups -OCH3 is 1. The van der Waals surface area contributed by atoms with Crippen molar-refractivity contribution in [2.45, 2.75) is 25.2 Å². The minimum atomic E-state index is 0.546. The van der Waals surface area contributed by atoms with Crippen molar-refractivity contribution in [2.24, 2.45) is 5.92 Å². The van der Waals surface area contributed by atoms with Crippen LogP contribution in [-0.4, -0.2) is 26.8 Å². The van der Waals surface area contributed by atoms with Crippen molar-refractivity contribution in [3.05, 3.63) is 34.9 Å². The third-order valence-electron chi connectivity index (χ3n) is 3.87. The lowest BCUT2D eigenvalue weighted by atomic mass is 9.73. The molecule has 3 heteroatoms. The van der Waals surface area contributed by atoms with Crippen molar-refractivity contribution in [1.29, 1.82) is 0 Å². The Balaban J connectivity index is 1.98. The molecule has 0 aromatic heterocycles. The van der Waals surface area contributed by atoms with Gasteiger partial charge in [-0.2, -0.15) is 0 Å². The molecule has 2 nitrogen and oxygen atoms in total. The van der Waals surface area contributed by atoms with E-state index in [9.17, 15) is 0 Å². The van der Waals surface area contributed by atoms with Gasteiger partial charge in [0.1, 0.15) is 0 Å². The second-order valence-electron chi connectivity index (χ2n) is 5.02. The molecule has 0 saturated heterocycles. The molecular formula is C15H22ClNO. The molecule has 0 bridgehead atoms. The predicted molar refractivity (Wildman–Crippen MR) is 76.3 cm³/mol. The molecule has 1 aromatic carbocycles. The molecule has 1 N–H and O–H groups in total. The zero-order valence-corrected chi connectivity index (χ0v) is 11.7. The zero-order chi connectivity index (χ0) is 12.8. The average molecular weight is 268 g/mol. The number of halogens is 1. The van der Waals surface area contributed by atoms with Gasteiger partial charge in [-0.3, -0.25) is 0 Å². The van der Waals surface area contributed by atoms with Crippen molar-refractivity contribution in [3.8, 4) is 0 Å². The van der Waals surface area contributed by atoms with E-state index in [0.717, 1.165) is 30.6 Å². The molecule has 1 aliphatic carbocycles. The first kappa shape index (κ1) is 13.9. The topological polar surface area (TPSA) is 21.3 Å². The van der Waals surface area contributed by atoms with Crippen LogP contribution in [0.25, 0.3) is 0 Å². The zero-order valence-electron chi connectivity index (χ0n) is 11.0. The molecule has 1 saturated carbocycles. The quantitative estimate of drug-likeness (QED) is 0.764. The van der Waals surface area contributed by atoms with Gasteiger partial charge in [0, 0.05) is 31.1 Å². The summed E-state index contributed by atoms with van der Waals surface area (Å²) < 4.78 is 5.07. The number of nitrogens with one attached hydrogen (secondary N) is 1. The summed E-state index contributed by atoms with van der Waals surface area (Å²) in [6.07, 6.45) is 4.04. The van der Waals surface area contributed by atoms with Gasteiger partial charge in [-0.05, 0) is 30.4 Å². The third kappa shape index (κ3) is 3.47. The van der Waals surface area contributed by atoms with Crippen LogP contribution in [-0.2, 0) is 4.74 Å². The van der Waals surface area contributed by atoms with Gasteiger partial charge >= 0.3 is 0 Å². The summed E-state index contributed by atoms with van der Waals surface area (Å²) in [5.41, 5.74) is 1.30. The maximum absolute atomic E-state index is 6.33. The summed E-state index contributed by atoms with van der Waals surface area (Å²) in [7, 11) is 1.74. The van der Waals surface area contributed by atoms with E-state index in [2.05, 4.69) is 17.4 Å². The van der Waals surface area contributed by atoms with Crippen LogP contribution >= 0.6 is 11.6 Å². The van der Waals surface area contributed by atoms with E-state index < -0.39 is 0 Å². The van der Waals surface area contributed by atoms with Crippen molar-refractivity contribution in [1.82, 2.24) is 5.32 Å². The second kappa shape index (κ2) is 7.13. The van der Waals surface area contributed by atoms with Crippen LogP contribution < -0.4 is 5.32 Å². The largest absolute Gasteiger partial charge is 0.383 e. The summed E-state index contributed by atoms with van der Waals surface area (Å²) in [4.78, 5) is 0. The number of benzene rings is 1. The first-order valence-corrected chi connectivity index (χ1v) is 7.15. The molecule has 0 amide bonds. The summed E-state index contributed by atoms with van der Waals surface area (Å²) in [5.74, 6) is 1.34. The highest BCUT2D eigenvalue weighted by molar-refractivity contribution is 6.31. The SMILES string of the molecule is COCCNCC(c1ccccc1Cl)C1CCC1. The lowest BCUT2D eigenvalue weighted by Crippen LogP contribution is -2.32. The lowest BCUT2D eigenvalue weighted by molar-refractivity contribution is 0.194. The van der Waals surface area contributed by atoms with Crippen molar-refractivity contribution < 1.29 is 4.74 Å². The summed E-state index contributed by atoms with van der Waals surface area (Å²) >= 11 is 6.33. The van der Waals surface area contributed by atoms with E-state index in [1.165, 1.54) is 24.8 Å². The second-order valence-corrected chi connectivity index (χ2v) is 5.42. The minimum absolute atomic E-state index is 0.546. The maximum atomic E-state index is 6.33. The molecule has 1 atom stereocenters. The summed E-state index contributed by atoms with van der Waals surface area (Å²) in [5, 5.41) is 4.38. The van der Waals surface area contributed by atoms with Crippen LogP contribution in [0.3, 0.4) is 0 Å². The van der Waals surface area contributed by atoms with E-state index >= 15 is 0 Å².